The summed E-state index contributed by atoms with van der Waals surface area (Å²) >= 11 is 17.8. The van der Waals surface area contributed by atoms with E-state index in [4.69, 9.17) is 35.4 Å². The predicted octanol–water partition coefficient (Wildman–Crippen LogP) is 3.73. The summed E-state index contributed by atoms with van der Waals surface area (Å²) in [6.45, 7) is 2.75. The number of thiocarbonyl (C=S) groups is 1. The number of hydrogen-bond acceptors (Lipinski definition) is 1. The molecule has 0 aromatic heterocycles. The summed E-state index contributed by atoms with van der Waals surface area (Å²) in [5, 5.41) is 5.11. The van der Waals surface area contributed by atoms with Gasteiger partial charge in [-0.25, -0.2) is 0 Å². The first kappa shape index (κ1) is 20.0. The minimum absolute atomic E-state index is 0.587. The Bertz CT molecular complexity index is 672. The fourth-order valence-electron chi connectivity index (χ4n) is 2.51. The number of nitrogens with zero attached hydrogens (tertiary/aromatic N) is 1. The molecular weight excluding hydrogens is 373 g/mol. The standard InChI is InChI=1S/C19H23Cl2N3S/c1-23(2)9-6-10-24(14-15-7-4-3-5-8-15)19(25)22-18-12-16(20)11-17(21)13-18/h3-5,7-8,11-13H,6,9-10,14H2,1-2H3,(H,22,25)/p+1. The third kappa shape index (κ3) is 7.20. The number of halogens is 2. The molecule has 25 heavy (non-hydrogen) atoms. The van der Waals surface area contributed by atoms with E-state index >= 15 is 0 Å². The van der Waals surface area contributed by atoms with Crippen molar-refractivity contribution in [2.45, 2.75) is 13.0 Å². The number of hydrogen-bond donors (Lipinski definition) is 2. The monoisotopic (exact) mass is 396 g/mol. The number of nitrogens with one attached hydrogen (secondary N) is 2. The van der Waals surface area contributed by atoms with Gasteiger partial charge in [0.25, 0.3) is 0 Å². The van der Waals surface area contributed by atoms with E-state index in [1.807, 2.05) is 30.3 Å². The SMILES string of the molecule is C[NH+](C)CCCN(Cc1ccccc1)C(=S)Nc1cc(Cl)cc(Cl)c1. The molecule has 134 valence electrons. The van der Waals surface area contributed by atoms with Crippen LogP contribution in [0.4, 0.5) is 5.69 Å². The fourth-order valence-corrected chi connectivity index (χ4v) is 3.31. The molecule has 0 fully saturated rings. The lowest BCUT2D eigenvalue weighted by Crippen LogP contribution is -3.05. The topological polar surface area (TPSA) is 19.7 Å². The Labute approximate surface area is 165 Å². The molecule has 0 aliphatic carbocycles. The zero-order chi connectivity index (χ0) is 18.2. The van der Waals surface area contributed by atoms with Crippen LogP contribution in [-0.2, 0) is 6.54 Å². The molecule has 0 atom stereocenters. The van der Waals surface area contributed by atoms with Crippen molar-refractivity contribution in [3.63, 3.8) is 0 Å². The van der Waals surface area contributed by atoms with Crippen molar-refractivity contribution in [1.82, 2.24) is 4.90 Å². The van der Waals surface area contributed by atoms with E-state index in [0.717, 1.165) is 31.7 Å². The van der Waals surface area contributed by atoms with Crippen LogP contribution in [0.15, 0.2) is 48.5 Å². The van der Waals surface area contributed by atoms with Crippen molar-refractivity contribution in [2.75, 3.05) is 32.5 Å². The van der Waals surface area contributed by atoms with E-state index in [9.17, 15) is 0 Å². The molecule has 0 heterocycles. The van der Waals surface area contributed by atoms with Crippen LogP contribution in [0.5, 0.6) is 0 Å². The summed E-state index contributed by atoms with van der Waals surface area (Å²) in [7, 11) is 4.32. The van der Waals surface area contributed by atoms with E-state index in [0.29, 0.717) is 15.2 Å². The minimum atomic E-state index is 0.587. The zero-order valence-electron chi connectivity index (χ0n) is 14.6. The van der Waals surface area contributed by atoms with E-state index < -0.39 is 0 Å². The third-order valence-corrected chi connectivity index (χ3v) is 4.52. The number of anilines is 1. The van der Waals surface area contributed by atoms with Crippen LogP contribution >= 0.6 is 35.4 Å². The van der Waals surface area contributed by atoms with Crippen LogP contribution in [0.1, 0.15) is 12.0 Å². The quantitative estimate of drug-likeness (QED) is 0.695. The maximum Gasteiger partial charge on any atom is 0.173 e. The molecule has 0 saturated carbocycles. The summed E-state index contributed by atoms with van der Waals surface area (Å²) in [5.41, 5.74) is 2.03. The van der Waals surface area contributed by atoms with E-state index in [-0.39, 0.29) is 0 Å². The van der Waals surface area contributed by atoms with Gasteiger partial charge in [-0.3, -0.25) is 0 Å². The first-order valence-corrected chi connectivity index (χ1v) is 9.45. The zero-order valence-corrected chi connectivity index (χ0v) is 16.9. The van der Waals surface area contributed by atoms with Crippen molar-refractivity contribution >= 4 is 46.2 Å². The molecule has 3 nitrogen and oxygen atoms in total. The normalized spacial score (nSPS) is 10.8. The molecule has 6 heteroatoms. The van der Waals surface area contributed by atoms with E-state index in [2.05, 4.69) is 36.4 Å². The Kier molecular flexibility index (Phi) is 7.97. The van der Waals surface area contributed by atoms with Crippen molar-refractivity contribution in [3.05, 3.63) is 64.1 Å². The molecule has 0 amide bonds. The van der Waals surface area contributed by atoms with Crippen LogP contribution in [-0.4, -0.2) is 37.2 Å². The molecule has 2 aromatic carbocycles. The number of quaternary nitrogens is 1. The summed E-state index contributed by atoms with van der Waals surface area (Å²) in [5.74, 6) is 0. The Morgan fingerprint density at radius 1 is 1.08 bits per heavy atom. The molecule has 2 rings (SSSR count). The molecule has 0 aliphatic heterocycles. The van der Waals surface area contributed by atoms with Crippen molar-refractivity contribution in [3.8, 4) is 0 Å². The van der Waals surface area contributed by atoms with Gasteiger partial charge in [0.2, 0.25) is 0 Å². The van der Waals surface area contributed by atoms with Gasteiger partial charge in [-0.2, -0.15) is 0 Å². The van der Waals surface area contributed by atoms with Crippen molar-refractivity contribution in [1.29, 1.82) is 0 Å². The van der Waals surface area contributed by atoms with Gasteiger partial charge < -0.3 is 15.1 Å². The summed E-state index contributed by atoms with van der Waals surface area (Å²) in [6.07, 6.45) is 1.06. The highest BCUT2D eigenvalue weighted by atomic mass is 35.5. The lowest BCUT2D eigenvalue weighted by molar-refractivity contribution is -0.858. The maximum absolute atomic E-state index is 6.08. The average Bonchev–Trinajstić information content (AvgIpc) is 2.53. The molecular formula is C19H24Cl2N3S+. The first-order chi connectivity index (χ1) is 11.9. The summed E-state index contributed by atoms with van der Waals surface area (Å²) in [4.78, 5) is 3.61. The van der Waals surface area contributed by atoms with Crippen molar-refractivity contribution in [2.24, 2.45) is 0 Å². The molecule has 0 bridgehead atoms. The van der Waals surface area contributed by atoms with Gasteiger partial charge in [0.05, 0.1) is 20.6 Å². The van der Waals surface area contributed by atoms with Gasteiger partial charge in [-0.05, 0) is 36.0 Å². The minimum Gasteiger partial charge on any atom is -0.344 e. The average molecular weight is 397 g/mol. The molecule has 2 aromatic rings. The Hall–Kier alpha value is -1.33. The number of benzene rings is 2. The van der Waals surface area contributed by atoms with E-state index in [1.54, 1.807) is 6.07 Å². The molecule has 0 saturated heterocycles. The highest BCUT2D eigenvalue weighted by Crippen LogP contribution is 2.23. The van der Waals surface area contributed by atoms with Gasteiger partial charge >= 0.3 is 0 Å². The maximum atomic E-state index is 6.08. The summed E-state index contributed by atoms with van der Waals surface area (Å²) < 4.78 is 0. The largest absolute Gasteiger partial charge is 0.344 e. The van der Waals surface area contributed by atoms with Crippen LogP contribution in [0, 0.1) is 0 Å². The highest BCUT2D eigenvalue weighted by molar-refractivity contribution is 7.80. The Balaban J connectivity index is 2.07. The van der Waals surface area contributed by atoms with Crippen LogP contribution in [0.3, 0.4) is 0 Å². The van der Waals surface area contributed by atoms with E-state index in [1.165, 1.54) is 10.5 Å². The van der Waals surface area contributed by atoms with Gasteiger partial charge in [0.15, 0.2) is 5.11 Å². The second-order valence-electron chi connectivity index (χ2n) is 6.31. The predicted molar refractivity (Wildman–Crippen MR) is 112 cm³/mol. The molecule has 0 unspecified atom stereocenters. The summed E-state index contributed by atoms with van der Waals surface area (Å²) in [6, 6.07) is 15.7. The highest BCUT2D eigenvalue weighted by Gasteiger charge is 2.12. The second kappa shape index (κ2) is 9.97. The molecule has 2 N–H and O–H groups in total. The van der Waals surface area contributed by atoms with Gasteiger partial charge in [-0.15, -0.1) is 0 Å². The van der Waals surface area contributed by atoms with Crippen LogP contribution < -0.4 is 10.2 Å². The lowest BCUT2D eigenvalue weighted by Gasteiger charge is -2.26. The van der Waals surface area contributed by atoms with Gasteiger partial charge in [0, 0.05) is 35.2 Å². The second-order valence-corrected chi connectivity index (χ2v) is 7.57. The third-order valence-electron chi connectivity index (χ3n) is 3.72. The smallest absolute Gasteiger partial charge is 0.173 e. The van der Waals surface area contributed by atoms with Gasteiger partial charge in [-0.1, -0.05) is 53.5 Å². The number of rotatable bonds is 7. The molecule has 0 spiro atoms. The van der Waals surface area contributed by atoms with Gasteiger partial charge in [0.1, 0.15) is 0 Å². The van der Waals surface area contributed by atoms with Crippen molar-refractivity contribution < 1.29 is 4.90 Å². The molecule has 0 aliphatic rings. The molecule has 0 radical (unpaired) electrons. The van der Waals surface area contributed by atoms with Crippen LogP contribution in [0.2, 0.25) is 10.0 Å². The Morgan fingerprint density at radius 2 is 1.72 bits per heavy atom. The van der Waals surface area contributed by atoms with Crippen LogP contribution in [0.25, 0.3) is 0 Å². The first-order valence-electron chi connectivity index (χ1n) is 8.29. The fraction of sp³-hybridized carbons (Fsp3) is 0.316. The lowest BCUT2D eigenvalue weighted by atomic mass is 10.2. The Morgan fingerprint density at radius 3 is 2.32 bits per heavy atom.